The van der Waals surface area contributed by atoms with Crippen LogP contribution in [0.15, 0.2) is 23.8 Å². The van der Waals surface area contributed by atoms with E-state index in [2.05, 4.69) is 30.7 Å². The number of hydrogen-bond acceptors (Lipinski definition) is 7. The number of nitrogens with one attached hydrogen (secondary N) is 2. The molecule has 0 atom stereocenters. The van der Waals surface area contributed by atoms with Crippen molar-refractivity contribution in [2.45, 2.75) is 25.7 Å². The van der Waals surface area contributed by atoms with Gasteiger partial charge in [0.25, 0.3) is 5.91 Å². The fraction of sp³-hybridized carbons (Fsp3) is 0.500. The van der Waals surface area contributed by atoms with Crippen molar-refractivity contribution in [2.75, 3.05) is 36.8 Å². The Labute approximate surface area is 145 Å². The number of hydrogen-bond donors (Lipinski definition) is 2. The van der Waals surface area contributed by atoms with Crippen molar-refractivity contribution in [1.29, 1.82) is 0 Å². The maximum Gasteiger partial charge on any atom is 0.259 e. The molecule has 1 aliphatic heterocycles. The van der Waals surface area contributed by atoms with E-state index in [1.54, 1.807) is 17.8 Å². The maximum absolute atomic E-state index is 12.0. The van der Waals surface area contributed by atoms with Gasteiger partial charge in [0.1, 0.15) is 11.3 Å². The summed E-state index contributed by atoms with van der Waals surface area (Å²) in [5.74, 6) is 0.563. The number of amides is 1. The molecule has 0 unspecified atom stereocenters. The SMILES string of the molecule is O=C(Nc1nncs1)c1ccc(NCCN2CCCCCC2)nc1. The average molecular weight is 346 g/mol. The minimum absolute atomic E-state index is 0.227. The lowest BCUT2D eigenvalue weighted by Crippen LogP contribution is -2.30. The molecule has 7 nitrogen and oxygen atoms in total. The van der Waals surface area contributed by atoms with E-state index in [1.165, 1.54) is 50.1 Å². The van der Waals surface area contributed by atoms with Gasteiger partial charge < -0.3 is 10.2 Å². The van der Waals surface area contributed by atoms with E-state index in [-0.39, 0.29) is 5.91 Å². The summed E-state index contributed by atoms with van der Waals surface area (Å²) in [4.78, 5) is 18.8. The average Bonchev–Trinajstić information content (AvgIpc) is 2.97. The molecular weight excluding hydrogens is 324 g/mol. The molecule has 3 rings (SSSR count). The molecule has 1 amide bonds. The quantitative estimate of drug-likeness (QED) is 0.836. The van der Waals surface area contributed by atoms with Crippen LogP contribution in [0.5, 0.6) is 0 Å². The van der Waals surface area contributed by atoms with E-state index in [0.29, 0.717) is 10.7 Å². The van der Waals surface area contributed by atoms with Crippen molar-refractivity contribution in [2.24, 2.45) is 0 Å². The molecular formula is C16H22N6OS. The summed E-state index contributed by atoms with van der Waals surface area (Å²) in [6.07, 6.45) is 6.89. The standard InChI is InChI=1S/C16H22N6OS/c23-15(20-16-21-19-12-24-16)13-5-6-14(18-11-13)17-7-10-22-8-3-1-2-4-9-22/h5-6,11-12H,1-4,7-10H2,(H,17,18)(H,20,21,23). The molecule has 0 radical (unpaired) electrons. The first-order valence-electron chi connectivity index (χ1n) is 8.31. The fourth-order valence-electron chi connectivity index (χ4n) is 2.73. The number of rotatable bonds is 6. The molecule has 0 aliphatic carbocycles. The maximum atomic E-state index is 12.0. The van der Waals surface area contributed by atoms with Gasteiger partial charge in [-0.2, -0.15) is 0 Å². The third kappa shape index (κ3) is 4.97. The van der Waals surface area contributed by atoms with Crippen molar-refractivity contribution in [1.82, 2.24) is 20.1 Å². The van der Waals surface area contributed by atoms with Crippen LogP contribution in [0, 0.1) is 0 Å². The number of aromatic nitrogens is 3. The molecule has 0 saturated carbocycles. The highest BCUT2D eigenvalue weighted by Gasteiger charge is 2.10. The van der Waals surface area contributed by atoms with Gasteiger partial charge in [0, 0.05) is 19.3 Å². The lowest BCUT2D eigenvalue weighted by molar-refractivity contribution is 0.102. The molecule has 0 aromatic carbocycles. The predicted molar refractivity (Wildman–Crippen MR) is 95.5 cm³/mol. The smallest absolute Gasteiger partial charge is 0.259 e. The predicted octanol–water partition coefficient (Wildman–Crippen LogP) is 2.47. The van der Waals surface area contributed by atoms with Crippen molar-refractivity contribution in [3.05, 3.63) is 29.4 Å². The lowest BCUT2D eigenvalue weighted by Gasteiger charge is -2.19. The second-order valence-corrected chi connectivity index (χ2v) is 6.65. The lowest BCUT2D eigenvalue weighted by atomic mass is 10.2. The monoisotopic (exact) mass is 346 g/mol. The van der Waals surface area contributed by atoms with Gasteiger partial charge in [0.15, 0.2) is 0 Å². The molecule has 3 heterocycles. The van der Waals surface area contributed by atoms with Crippen LogP contribution in [0.4, 0.5) is 10.9 Å². The molecule has 24 heavy (non-hydrogen) atoms. The van der Waals surface area contributed by atoms with Crippen LogP contribution in [0.3, 0.4) is 0 Å². The van der Waals surface area contributed by atoms with E-state index in [0.717, 1.165) is 18.9 Å². The molecule has 8 heteroatoms. The fourth-order valence-corrected chi connectivity index (χ4v) is 3.17. The Morgan fingerprint density at radius 1 is 1.21 bits per heavy atom. The number of carbonyl (C=O) groups excluding carboxylic acids is 1. The first-order chi connectivity index (χ1) is 11.8. The van der Waals surface area contributed by atoms with Crippen LogP contribution in [0.25, 0.3) is 0 Å². The van der Waals surface area contributed by atoms with Gasteiger partial charge in [0.2, 0.25) is 5.13 Å². The second-order valence-electron chi connectivity index (χ2n) is 5.81. The molecule has 1 fully saturated rings. The molecule has 0 spiro atoms. The Morgan fingerprint density at radius 3 is 2.71 bits per heavy atom. The summed E-state index contributed by atoms with van der Waals surface area (Å²) in [5.41, 5.74) is 2.08. The summed E-state index contributed by atoms with van der Waals surface area (Å²) in [7, 11) is 0. The van der Waals surface area contributed by atoms with E-state index in [1.807, 2.05) is 6.07 Å². The van der Waals surface area contributed by atoms with Gasteiger partial charge in [-0.15, -0.1) is 10.2 Å². The van der Waals surface area contributed by atoms with Crippen molar-refractivity contribution >= 4 is 28.2 Å². The van der Waals surface area contributed by atoms with Crippen molar-refractivity contribution in [3.8, 4) is 0 Å². The summed E-state index contributed by atoms with van der Waals surface area (Å²) < 4.78 is 0. The summed E-state index contributed by atoms with van der Waals surface area (Å²) in [6, 6.07) is 3.59. The van der Waals surface area contributed by atoms with Crippen LogP contribution in [0.2, 0.25) is 0 Å². The van der Waals surface area contributed by atoms with Crippen LogP contribution in [-0.2, 0) is 0 Å². The van der Waals surface area contributed by atoms with E-state index >= 15 is 0 Å². The number of likely N-dealkylation sites (tertiary alicyclic amines) is 1. The minimum atomic E-state index is -0.227. The topological polar surface area (TPSA) is 83.0 Å². The molecule has 2 N–H and O–H groups in total. The largest absolute Gasteiger partial charge is 0.369 e. The minimum Gasteiger partial charge on any atom is -0.369 e. The third-order valence-electron chi connectivity index (χ3n) is 4.04. The summed E-state index contributed by atoms with van der Waals surface area (Å²) >= 11 is 1.28. The van der Waals surface area contributed by atoms with Crippen molar-refractivity contribution in [3.63, 3.8) is 0 Å². The van der Waals surface area contributed by atoms with E-state index < -0.39 is 0 Å². The molecule has 2 aromatic heterocycles. The van der Waals surface area contributed by atoms with E-state index in [9.17, 15) is 4.79 Å². The zero-order valence-electron chi connectivity index (χ0n) is 13.6. The molecule has 1 saturated heterocycles. The Morgan fingerprint density at radius 2 is 2.04 bits per heavy atom. The van der Waals surface area contributed by atoms with Crippen LogP contribution < -0.4 is 10.6 Å². The third-order valence-corrected chi connectivity index (χ3v) is 4.65. The van der Waals surface area contributed by atoms with Gasteiger partial charge in [-0.3, -0.25) is 10.1 Å². The van der Waals surface area contributed by atoms with E-state index in [4.69, 9.17) is 0 Å². The van der Waals surface area contributed by atoms with Gasteiger partial charge >= 0.3 is 0 Å². The van der Waals surface area contributed by atoms with Gasteiger partial charge in [-0.1, -0.05) is 24.2 Å². The first-order valence-corrected chi connectivity index (χ1v) is 9.19. The highest BCUT2D eigenvalue weighted by atomic mass is 32.1. The second kappa shape index (κ2) is 8.70. The van der Waals surface area contributed by atoms with Gasteiger partial charge in [0.05, 0.1) is 5.56 Å². The Bertz CT molecular complexity index is 623. The molecule has 1 aliphatic rings. The van der Waals surface area contributed by atoms with Crippen LogP contribution in [-0.4, -0.2) is 52.2 Å². The molecule has 2 aromatic rings. The first kappa shape index (κ1) is 16.8. The summed E-state index contributed by atoms with van der Waals surface area (Å²) in [5, 5.41) is 14.0. The van der Waals surface area contributed by atoms with Crippen LogP contribution in [0.1, 0.15) is 36.0 Å². The molecule has 128 valence electrons. The highest BCUT2D eigenvalue weighted by Crippen LogP contribution is 2.12. The van der Waals surface area contributed by atoms with Gasteiger partial charge in [-0.25, -0.2) is 4.98 Å². The van der Waals surface area contributed by atoms with Crippen molar-refractivity contribution < 1.29 is 4.79 Å². The zero-order valence-corrected chi connectivity index (χ0v) is 14.4. The Balaban J connectivity index is 1.44. The summed E-state index contributed by atoms with van der Waals surface area (Å²) in [6.45, 7) is 4.28. The normalized spacial score (nSPS) is 15.7. The number of anilines is 2. The molecule has 0 bridgehead atoms. The zero-order chi connectivity index (χ0) is 16.6. The van der Waals surface area contributed by atoms with Gasteiger partial charge in [-0.05, 0) is 38.1 Å². The highest BCUT2D eigenvalue weighted by molar-refractivity contribution is 7.13. The Kier molecular flexibility index (Phi) is 6.08. The van der Waals surface area contributed by atoms with Crippen LogP contribution >= 0.6 is 11.3 Å². The number of carbonyl (C=O) groups is 1. The Hall–Kier alpha value is -2.06. The number of nitrogens with zero attached hydrogens (tertiary/aromatic N) is 4. The number of pyridine rings is 1.